The number of aryl methyl sites for hydroxylation is 1. The normalized spacial score (nSPS) is 10.9. The van der Waals surface area contributed by atoms with E-state index in [-0.39, 0.29) is 24.0 Å². The number of aromatic nitrogens is 2. The molecule has 8 heteroatoms. The molecular weight excluding hydrogens is 477 g/mol. The summed E-state index contributed by atoms with van der Waals surface area (Å²) in [7, 11) is 2.06. The maximum absolute atomic E-state index is 9.50. The summed E-state index contributed by atoms with van der Waals surface area (Å²) < 4.78 is 1.64. The molecule has 1 heterocycles. The number of guanidine groups is 1. The summed E-state index contributed by atoms with van der Waals surface area (Å²) in [5, 5.41) is 17.4. The summed E-state index contributed by atoms with van der Waals surface area (Å²) >= 11 is 0. The second kappa shape index (κ2) is 13.0. The third kappa shape index (κ3) is 6.92. The Bertz CT molecular complexity index is 808. The number of para-hydroxylation sites is 1. The van der Waals surface area contributed by atoms with Gasteiger partial charge in [-0.15, -0.1) is 24.0 Å². The topological polar surface area (TPSA) is 95.3 Å². The fourth-order valence-corrected chi connectivity index (χ4v) is 2.94. The van der Waals surface area contributed by atoms with E-state index in [4.69, 9.17) is 10.7 Å². The van der Waals surface area contributed by atoms with E-state index in [0.29, 0.717) is 24.3 Å². The summed E-state index contributed by atoms with van der Waals surface area (Å²) in [6, 6.07) is 11.8. The van der Waals surface area contributed by atoms with Gasteiger partial charge in [-0.25, -0.2) is 4.68 Å². The quantitative estimate of drug-likeness (QED) is 0.233. The molecule has 0 aliphatic carbocycles. The maximum atomic E-state index is 9.50. The van der Waals surface area contributed by atoms with E-state index < -0.39 is 0 Å². The molecule has 7 nitrogen and oxygen atoms in total. The monoisotopic (exact) mass is 509 g/mol. The molecule has 0 fully saturated rings. The molecule has 29 heavy (non-hydrogen) atoms. The Hall–Kier alpha value is -2.28. The molecule has 0 bridgehead atoms. The van der Waals surface area contributed by atoms with Crippen molar-refractivity contribution in [3.05, 3.63) is 41.6 Å². The predicted octanol–water partition coefficient (Wildman–Crippen LogP) is 3.57. The number of halogens is 1. The Kier molecular flexibility index (Phi) is 11.1. The molecule has 0 atom stereocenters. The molecule has 1 aromatic carbocycles. The summed E-state index contributed by atoms with van der Waals surface area (Å²) in [5.74, 6) is 1.31. The number of benzene rings is 1. The third-order valence-corrected chi connectivity index (χ3v) is 4.48. The van der Waals surface area contributed by atoms with Gasteiger partial charge in [0.15, 0.2) is 5.96 Å². The smallest absolute Gasteiger partial charge is 0.193 e. The molecule has 0 unspecified atom stereocenters. The number of hydrogen-bond acceptors (Lipinski definition) is 4. The highest BCUT2D eigenvalue weighted by Crippen LogP contribution is 2.21. The molecule has 0 radical (unpaired) electrons. The average Bonchev–Trinajstić information content (AvgIpc) is 3.04. The number of anilines is 1. The number of aliphatic imine (C=N–C) groups is 1. The Labute approximate surface area is 191 Å². The molecule has 158 valence electrons. The van der Waals surface area contributed by atoms with Crippen LogP contribution < -0.4 is 11.1 Å². The zero-order valence-corrected chi connectivity index (χ0v) is 19.9. The lowest BCUT2D eigenvalue weighted by atomic mass is 10.1. The lowest BCUT2D eigenvalue weighted by Gasteiger charge is -2.21. The van der Waals surface area contributed by atoms with Crippen LogP contribution in [-0.2, 0) is 6.42 Å². The van der Waals surface area contributed by atoms with Crippen molar-refractivity contribution >= 4 is 35.8 Å². The highest BCUT2D eigenvalue weighted by atomic mass is 127. The highest BCUT2D eigenvalue weighted by molar-refractivity contribution is 14.0. The van der Waals surface area contributed by atoms with Gasteiger partial charge >= 0.3 is 0 Å². The molecule has 0 aliphatic rings. The van der Waals surface area contributed by atoms with Gasteiger partial charge in [0, 0.05) is 26.7 Å². The van der Waals surface area contributed by atoms with Crippen LogP contribution in [0.3, 0.4) is 0 Å². The highest BCUT2D eigenvalue weighted by Gasteiger charge is 2.16. The van der Waals surface area contributed by atoms with Gasteiger partial charge in [0.2, 0.25) is 0 Å². The fourth-order valence-electron chi connectivity index (χ4n) is 2.94. The fraction of sp³-hybridized carbons (Fsp3) is 0.476. The first kappa shape index (κ1) is 24.8. The van der Waals surface area contributed by atoms with E-state index in [1.807, 2.05) is 30.3 Å². The minimum absolute atomic E-state index is 0. The van der Waals surface area contributed by atoms with Crippen LogP contribution in [0.2, 0.25) is 0 Å². The van der Waals surface area contributed by atoms with Crippen molar-refractivity contribution in [2.75, 3.05) is 32.4 Å². The summed E-state index contributed by atoms with van der Waals surface area (Å²) in [6.07, 6.45) is 3.76. The second-order valence-electron chi connectivity index (χ2n) is 6.68. The second-order valence-corrected chi connectivity index (χ2v) is 6.68. The molecular formula is C21H32IN7. The van der Waals surface area contributed by atoms with Crippen LogP contribution in [0.4, 0.5) is 5.82 Å². The summed E-state index contributed by atoms with van der Waals surface area (Å²) in [5.41, 5.74) is 8.20. The minimum atomic E-state index is 0. The van der Waals surface area contributed by atoms with Gasteiger partial charge in [0.25, 0.3) is 0 Å². The standard InChI is InChI=1S/C21H31N7.HI/c1-4-6-15-27(3)21(24-5-2)25-14-10-13-19-18(16-22)20(23)28(26-19)17-11-8-7-9-12-17;/h7-9,11-12H,4-6,10,13-15,23H2,1-3H3,(H,24,25);1H. The van der Waals surface area contributed by atoms with E-state index in [0.717, 1.165) is 49.7 Å². The third-order valence-electron chi connectivity index (χ3n) is 4.48. The molecule has 0 amide bonds. The zero-order chi connectivity index (χ0) is 20.4. The van der Waals surface area contributed by atoms with E-state index in [9.17, 15) is 5.26 Å². The van der Waals surface area contributed by atoms with Gasteiger partial charge < -0.3 is 16.0 Å². The van der Waals surface area contributed by atoms with Gasteiger partial charge in [-0.2, -0.15) is 10.4 Å². The van der Waals surface area contributed by atoms with Crippen LogP contribution in [0.1, 0.15) is 44.4 Å². The molecule has 0 saturated heterocycles. The lowest BCUT2D eigenvalue weighted by molar-refractivity contribution is 0.464. The molecule has 2 aromatic rings. The average molecular weight is 509 g/mol. The van der Waals surface area contributed by atoms with E-state index >= 15 is 0 Å². The predicted molar refractivity (Wildman–Crippen MR) is 130 cm³/mol. The van der Waals surface area contributed by atoms with Gasteiger partial charge in [-0.3, -0.25) is 4.99 Å². The van der Waals surface area contributed by atoms with E-state index in [1.54, 1.807) is 4.68 Å². The van der Waals surface area contributed by atoms with Crippen LogP contribution in [0.25, 0.3) is 5.69 Å². The van der Waals surface area contributed by atoms with Crippen LogP contribution in [0.5, 0.6) is 0 Å². The van der Waals surface area contributed by atoms with Crippen LogP contribution in [-0.4, -0.2) is 47.3 Å². The van der Waals surface area contributed by atoms with Crippen molar-refractivity contribution in [1.29, 1.82) is 5.26 Å². The SMILES string of the molecule is CCCCN(C)C(=NCCCc1nn(-c2ccccc2)c(N)c1C#N)NCC.I. The Morgan fingerprint density at radius 1 is 1.28 bits per heavy atom. The van der Waals surface area contributed by atoms with Crippen molar-refractivity contribution in [3.8, 4) is 11.8 Å². The summed E-state index contributed by atoms with van der Waals surface area (Å²) in [4.78, 5) is 6.87. The van der Waals surface area contributed by atoms with Crippen molar-refractivity contribution in [2.24, 2.45) is 4.99 Å². The summed E-state index contributed by atoms with van der Waals surface area (Å²) in [6.45, 7) is 6.75. The van der Waals surface area contributed by atoms with Crippen LogP contribution in [0, 0.1) is 11.3 Å². The number of nitrogens with two attached hydrogens (primary N) is 1. The van der Waals surface area contributed by atoms with Gasteiger partial charge in [0.1, 0.15) is 17.5 Å². The molecule has 2 rings (SSSR count). The number of hydrogen-bond donors (Lipinski definition) is 2. The van der Waals surface area contributed by atoms with E-state index in [2.05, 4.69) is 42.3 Å². The zero-order valence-electron chi connectivity index (χ0n) is 17.6. The Morgan fingerprint density at radius 2 is 2.00 bits per heavy atom. The van der Waals surface area contributed by atoms with Crippen LogP contribution in [0.15, 0.2) is 35.3 Å². The van der Waals surface area contributed by atoms with Crippen molar-refractivity contribution in [2.45, 2.75) is 39.5 Å². The Morgan fingerprint density at radius 3 is 2.62 bits per heavy atom. The van der Waals surface area contributed by atoms with Crippen LogP contribution >= 0.6 is 24.0 Å². The lowest BCUT2D eigenvalue weighted by Crippen LogP contribution is -2.39. The minimum Gasteiger partial charge on any atom is -0.382 e. The number of unbranched alkanes of at least 4 members (excludes halogenated alkanes) is 1. The Balaban J connectivity index is 0.00000420. The maximum Gasteiger partial charge on any atom is 0.193 e. The van der Waals surface area contributed by atoms with Crippen molar-refractivity contribution in [3.63, 3.8) is 0 Å². The van der Waals surface area contributed by atoms with Gasteiger partial charge in [0.05, 0.1) is 11.4 Å². The number of nitrogens with zero attached hydrogens (tertiary/aromatic N) is 5. The first-order valence-corrected chi connectivity index (χ1v) is 9.94. The van der Waals surface area contributed by atoms with Gasteiger partial charge in [-0.05, 0) is 38.3 Å². The number of rotatable bonds is 9. The first-order chi connectivity index (χ1) is 13.6. The number of nitrogen functional groups attached to an aromatic ring is 1. The van der Waals surface area contributed by atoms with E-state index in [1.165, 1.54) is 0 Å². The largest absolute Gasteiger partial charge is 0.382 e. The molecule has 0 spiro atoms. The number of nitriles is 1. The van der Waals surface area contributed by atoms with Crippen molar-refractivity contribution in [1.82, 2.24) is 20.0 Å². The number of nitrogens with one attached hydrogen (secondary N) is 1. The first-order valence-electron chi connectivity index (χ1n) is 9.94. The van der Waals surface area contributed by atoms with Crippen molar-refractivity contribution < 1.29 is 0 Å². The molecule has 0 saturated carbocycles. The molecule has 0 aliphatic heterocycles. The van der Waals surface area contributed by atoms with Gasteiger partial charge in [-0.1, -0.05) is 31.5 Å². The molecule has 1 aromatic heterocycles. The molecule has 3 N–H and O–H groups in total.